The van der Waals surface area contributed by atoms with Crippen molar-refractivity contribution in [2.75, 3.05) is 19.8 Å². The Morgan fingerprint density at radius 1 is 1.16 bits per heavy atom. The Hall–Kier alpha value is -3.32. The van der Waals surface area contributed by atoms with Crippen molar-refractivity contribution >= 4 is 16.9 Å². The van der Waals surface area contributed by atoms with Crippen LogP contribution in [0.1, 0.15) is 54.9 Å². The fourth-order valence-corrected chi connectivity index (χ4v) is 4.07. The minimum Gasteiger partial charge on any atom is -0.504 e. The lowest BCUT2D eigenvalue weighted by atomic mass is 9.98. The van der Waals surface area contributed by atoms with Crippen LogP contribution in [0, 0.1) is 0 Å². The average Bonchev–Trinajstić information content (AvgIpc) is 3.05. The zero-order valence-electron chi connectivity index (χ0n) is 18.5. The molecule has 2 heterocycles. The van der Waals surface area contributed by atoms with Crippen molar-refractivity contribution in [1.82, 2.24) is 4.90 Å². The summed E-state index contributed by atoms with van der Waals surface area (Å²) in [5.74, 6) is 0.0414. The van der Waals surface area contributed by atoms with Gasteiger partial charge in [0.05, 0.1) is 29.7 Å². The third-order valence-electron chi connectivity index (χ3n) is 5.47. The Kier molecular flexibility index (Phi) is 6.19. The number of amides is 1. The molecule has 1 aromatic heterocycles. The molecule has 0 bridgehead atoms. The smallest absolute Gasteiger partial charge is 0.290 e. The molecule has 0 saturated heterocycles. The molecule has 1 atom stereocenters. The summed E-state index contributed by atoms with van der Waals surface area (Å²) in [6.45, 7) is 7.00. The highest BCUT2D eigenvalue weighted by molar-refractivity contribution is 5.99. The second-order valence-corrected chi connectivity index (χ2v) is 8.00. The van der Waals surface area contributed by atoms with E-state index in [2.05, 4.69) is 0 Å². The van der Waals surface area contributed by atoms with Crippen molar-refractivity contribution in [3.05, 3.63) is 69.6 Å². The van der Waals surface area contributed by atoms with Gasteiger partial charge in [-0.3, -0.25) is 9.59 Å². The molecule has 1 unspecified atom stereocenters. The molecule has 0 radical (unpaired) electrons. The molecule has 7 nitrogen and oxygen atoms in total. The van der Waals surface area contributed by atoms with E-state index in [-0.39, 0.29) is 28.9 Å². The van der Waals surface area contributed by atoms with E-state index in [0.717, 1.165) is 0 Å². The van der Waals surface area contributed by atoms with E-state index >= 15 is 0 Å². The highest BCUT2D eigenvalue weighted by Crippen LogP contribution is 2.40. The zero-order chi connectivity index (χ0) is 22.8. The van der Waals surface area contributed by atoms with E-state index in [0.29, 0.717) is 54.0 Å². The molecule has 168 valence electrons. The van der Waals surface area contributed by atoms with Gasteiger partial charge in [0.1, 0.15) is 5.58 Å². The van der Waals surface area contributed by atoms with Crippen molar-refractivity contribution < 1.29 is 23.8 Å². The van der Waals surface area contributed by atoms with Crippen LogP contribution in [-0.4, -0.2) is 41.8 Å². The summed E-state index contributed by atoms with van der Waals surface area (Å²) in [6.07, 6.45) is 0.704. The van der Waals surface area contributed by atoms with E-state index in [9.17, 15) is 14.7 Å². The zero-order valence-corrected chi connectivity index (χ0v) is 18.5. The monoisotopic (exact) mass is 437 g/mol. The van der Waals surface area contributed by atoms with E-state index in [1.807, 2.05) is 20.8 Å². The number of para-hydroxylation sites is 1. The van der Waals surface area contributed by atoms with Gasteiger partial charge >= 0.3 is 0 Å². The minimum atomic E-state index is -0.641. The molecule has 4 rings (SSSR count). The van der Waals surface area contributed by atoms with Gasteiger partial charge in [-0.25, -0.2) is 0 Å². The summed E-state index contributed by atoms with van der Waals surface area (Å²) >= 11 is 0. The fraction of sp³-hybridized carbons (Fsp3) is 0.360. The minimum absolute atomic E-state index is 0.00239. The second kappa shape index (κ2) is 9.04. The topological polar surface area (TPSA) is 89.2 Å². The maximum Gasteiger partial charge on any atom is 0.290 e. The third kappa shape index (κ3) is 3.96. The van der Waals surface area contributed by atoms with Crippen LogP contribution < -0.4 is 10.2 Å². The maximum absolute atomic E-state index is 13.4. The first-order valence-electron chi connectivity index (χ1n) is 10.9. The molecular formula is C25H27NO6. The van der Waals surface area contributed by atoms with Crippen LogP contribution in [0.15, 0.2) is 51.7 Å². The van der Waals surface area contributed by atoms with Crippen LogP contribution in [0.2, 0.25) is 0 Å². The van der Waals surface area contributed by atoms with Crippen molar-refractivity contribution in [1.29, 1.82) is 0 Å². The molecule has 0 aliphatic carbocycles. The lowest BCUT2D eigenvalue weighted by molar-refractivity contribution is 0.0593. The Morgan fingerprint density at radius 3 is 2.69 bits per heavy atom. The predicted octanol–water partition coefficient (Wildman–Crippen LogP) is 4.26. The van der Waals surface area contributed by atoms with Gasteiger partial charge in [0.25, 0.3) is 5.91 Å². The number of phenolic OH excluding ortho intramolecular Hbond substituents is 1. The number of phenols is 1. The molecule has 2 aromatic carbocycles. The maximum atomic E-state index is 13.4. The summed E-state index contributed by atoms with van der Waals surface area (Å²) < 4.78 is 17.1. The van der Waals surface area contributed by atoms with Gasteiger partial charge in [0, 0.05) is 13.2 Å². The summed E-state index contributed by atoms with van der Waals surface area (Å²) in [6, 6.07) is 11.2. The predicted molar refractivity (Wildman–Crippen MR) is 120 cm³/mol. The molecule has 0 saturated carbocycles. The first kappa shape index (κ1) is 21.9. The van der Waals surface area contributed by atoms with E-state index in [1.165, 1.54) is 6.07 Å². The van der Waals surface area contributed by atoms with Crippen LogP contribution in [-0.2, 0) is 4.74 Å². The molecule has 32 heavy (non-hydrogen) atoms. The average molecular weight is 437 g/mol. The summed E-state index contributed by atoms with van der Waals surface area (Å²) in [5, 5.41) is 10.6. The Labute approximate surface area is 186 Å². The van der Waals surface area contributed by atoms with Gasteiger partial charge < -0.3 is 23.9 Å². The van der Waals surface area contributed by atoms with Gasteiger partial charge in [0.2, 0.25) is 5.76 Å². The first-order valence-corrected chi connectivity index (χ1v) is 10.9. The summed E-state index contributed by atoms with van der Waals surface area (Å²) in [4.78, 5) is 28.4. The molecular weight excluding hydrogens is 410 g/mol. The van der Waals surface area contributed by atoms with Crippen molar-refractivity contribution in [2.45, 2.75) is 39.3 Å². The van der Waals surface area contributed by atoms with Gasteiger partial charge in [-0.15, -0.1) is 0 Å². The number of benzene rings is 2. The largest absolute Gasteiger partial charge is 0.504 e. The number of ether oxygens (including phenoxy) is 2. The first-order chi connectivity index (χ1) is 15.4. The van der Waals surface area contributed by atoms with Crippen molar-refractivity contribution in [3.8, 4) is 11.5 Å². The SMILES string of the molecule is CCOc1cc(C2c3c(oc4ccccc4c3=O)C(=O)N2CCCOC(C)C)ccc1O. The number of nitrogens with zero attached hydrogens (tertiary/aromatic N) is 1. The van der Waals surface area contributed by atoms with Gasteiger partial charge in [-0.2, -0.15) is 0 Å². The lowest BCUT2D eigenvalue weighted by Crippen LogP contribution is -2.31. The quantitative estimate of drug-likeness (QED) is 0.530. The normalized spacial score (nSPS) is 15.6. The molecule has 1 aliphatic rings. The highest BCUT2D eigenvalue weighted by Gasteiger charge is 2.42. The van der Waals surface area contributed by atoms with Gasteiger partial charge in [-0.05, 0) is 57.0 Å². The number of aromatic hydroxyl groups is 1. The third-order valence-corrected chi connectivity index (χ3v) is 5.47. The fourth-order valence-electron chi connectivity index (χ4n) is 4.07. The molecule has 7 heteroatoms. The molecule has 1 N–H and O–H groups in total. The number of carbonyl (C=O) groups excluding carboxylic acids is 1. The number of fused-ring (bicyclic) bond motifs is 2. The molecule has 3 aromatic rings. The Morgan fingerprint density at radius 2 is 1.94 bits per heavy atom. The highest BCUT2D eigenvalue weighted by atomic mass is 16.5. The van der Waals surface area contributed by atoms with E-state index in [1.54, 1.807) is 41.3 Å². The second-order valence-electron chi connectivity index (χ2n) is 8.00. The Bertz CT molecular complexity index is 1200. The number of carbonyl (C=O) groups is 1. The summed E-state index contributed by atoms with van der Waals surface area (Å²) in [5.41, 5.74) is 1.14. The van der Waals surface area contributed by atoms with Crippen LogP contribution >= 0.6 is 0 Å². The van der Waals surface area contributed by atoms with Gasteiger partial charge in [0.15, 0.2) is 16.9 Å². The molecule has 1 aliphatic heterocycles. The lowest BCUT2D eigenvalue weighted by Gasteiger charge is -2.25. The van der Waals surface area contributed by atoms with Gasteiger partial charge in [-0.1, -0.05) is 18.2 Å². The van der Waals surface area contributed by atoms with E-state index < -0.39 is 6.04 Å². The molecule has 1 amide bonds. The Balaban J connectivity index is 1.82. The van der Waals surface area contributed by atoms with Crippen LogP contribution in [0.5, 0.6) is 11.5 Å². The summed E-state index contributed by atoms with van der Waals surface area (Å²) in [7, 11) is 0. The standard InChI is InChI=1S/C25H27NO6/c1-4-30-20-14-16(10-11-18(20)27)22-21-23(28)17-8-5-6-9-19(17)32-24(21)25(29)26(22)12-7-13-31-15(2)3/h5-6,8-11,14-15,22,27H,4,7,12-13H2,1-3H3. The number of hydrogen-bond donors (Lipinski definition) is 1. The van der Waals surface area contributed by atoms with Crippen LogP contribution in [0.25, 0.3) is 11.0 Å². The molecule has 0 spiro atoms. The van der Waals surface area contributed by atoms with Crippen molar-refractivity contribution in [3.63, 3.8) is 0 Å². The van der Waals surface area contributed by atoms with Crippen molar-refractivity contribution in [2.24, 2.45) is 0 Å². The van der Waals surface area contributed by atoms with Crippen LogP contribution in [0.3, 0.4) is 0 Å². The van der Waals surface area contributed by atoms with E-state index in [4.69, 9.17) is 13.9 Å². The number of rotatable bonds is 8. The number of hydrogen-bond acceptors (Lipinski definition) is 6. The van der Waals surface area contributed by atoms with Crippen LogP contribution in [0.4, 0.5) is 0 Å². The molecule has 0 fully saturated rings.